The maximum absolute atomic E-state index is 6.11. The highest BCUT2D eigenvalue weighted by atomic mass is 32.1. The minimum Gasteiger partial charge on any atom is -0.382 e. The average molecular weight is 308 g/mol. The molecular formula is C14H20N4S2. The van der Waals surface area contributed by atoms with E-state index in [0.717, 1.165) is 22.8 Å². The van der Waals surface area contributed by atoms with Gasteiger partial charge in [-0.1, -0.05) is 13.8 Å². The van der Waals surface area contributed by atoms with Gasteiger partial charge in [-0.25, -0.2) is 4.98 Å². The Bertz CT molecular complexity index is 602. The lowest BCUT2D eigenvalue weighted by Gasteiger charge is -2.28. The van der Waals surface area contributed by atoms with Gasteiger partial charge in [-0.3, -0.25) is 0 Å². The van der Waals surface area contributed by atoms with E-state index in [1.165, 1.54) is 29.4 Å². The van der Waals surface area contributed by atoms with Crippen LogP contribution in [0.3, 0.4) is 0 Å². The molecule has 0 amide bonds. The van der Waals surface area contributed by atoms with E-state index >= 15 is 0 Å². The van der Waals surface area contributed by atoms with Crippen LogP contribution in [0.4, 0.5) is 10.8 Å². The van der Waals surface area contributed by atoms with Gasteiger partial charge in [0.1, 0.15) is 10.8 Å². The van der Waals surface area contributed by atoms with Crippen molar-refractivity contribution in [3.05, 3.63) is 10.4 Å². The fourth-order valence-corrected chi connectivity index (χ4v) is 4.46. The number of rotatable bonds is 3. The average Bonchev–Trinajstić information content (AvgIpc) is 3.07. The molecule has 1 saturated heterocycles. The van der Waals surface area contributed by atoms with Crippen molar-refractivity contribution in [1.29, 1.82) is 0 Å². The minimum absolute atomic E-state index is 0.591. The van der Waals surface area contributed by atoms with Gasteiger partial charge < -0.3 is 10.6 Å². The molecule has 1 aliphatic heterocycles. The van der Waals surface area contributed by atoms with Crippen LogP contribution in [0.2, 0.25) is 0 Å². The fraction of sp³-hybridized carbons (Fsp3) is 0.571. The molecule has 4 nitrogen and oxygen atoms in total. The van der Waals surface area contributed by atoms with E-state index in [-0.39, 0.29) is 0 Å². The van der Waals surface area contributed by atoms with E-state index in [1.807, 2.05) is 6.92 Å². The summed E-state index contributed by atoms with van der Waals surface area (Å²) in [4.78, 5) is 7.08. The second kappa shape index (κ2) is 5.33. The number of anilines is 2. The molecule has 2 N–H and O–H groups in total. The van der Waals surface area contributed by atoms with E-state index < -0.39 is 0 Å². The Kier molecular flexibility index (Phi) is 3.69. The molecule has 6 heteroatoms. The second-order valence-corrected chi connectivity index (χ2v) is 7.46. The predicted molar refractivity (Wildman–Crippen MR) is 87.6 cm³/mol. The highest BCUT2D eigenvalue weighted by molar-refractivity contribution is 7.11. The Hall–Kier alpha value is -1.14. The summed E-state index contributed by atoms with van der Waals surface area (Å²) in [5.41, 5.74) is 8.12. The largest absolute Gasteiger partial charge is 0.382 e. The van der Waals surface area contributed by atoms with Crippen LogP contribution in [-0.4, -0.2) is 21.9 Å². The predicted octanol–water partition coefficient (Wildman–Crippen LogP) is 3.78. The molecule has 0 bridgehead atoms. The standard InChI is InChI=1S/C14H20N4S2/c1-8(2)11-5-4-6-18(11)14-12(13(15)17-20-14)10-7-19-9(3)16-10/h7-8,11H,4-6H2,1-3H3,(H2,15,17). The minimum atomic E-state index is 0.591. The number of aromatic nitrogens is 2. The number of nitrogens with zero attached hydrogens (tertiary/aromatic N) is 3. The molecule has 108 valence electrons. The lowest BCUT2D eigenvalue weighted by Crippen LogP contribution is -2.33. The Morgan fingerprint density at radius 1 is 1.45 bits per heavy atom. The van der Waals surface area contributed by atoms with Crippen molar-refractivity contribution >= 4 is 33.7 Å². The van der Waals surface area contributed by atoms with Crippen LogP contribution in [0.5, 0.6) is 0 Å². The van der Waals surface area contributed by atoms with E-state index in [4.69, 9.17) is 5.73 Å². The summed E-state index contributed by atoms with van der Waals surface area (Å²) in [5, 5.41) is 4.35. The van der Waals surface area contributed by atoms with Crippen LogP contribution in [0, 0.1) is 12.8 Å². The quantitative estimate of drug-likeness (QED) is 0.937. The maximum atomic E-state index is 6.11. The lowest BCUT2D eigenvalue weighted by atomic mass is 10.0. The summed E-state index contributed by atoms with van der Waals surface area (Å²) in [6.07, 6.45) is 2.50. The summed E-state index contributed by atoms with van der Waals surface area (Å²) >= 11 is 3.18. The van der Waals surface area contributed by atoms with E-state index in [1.54, 1.807) is 11.3 Å². The van der Waals surface area contributed by atoms with E-state index in [9.17, 15) is 0 Å². The van der Waals surface area contributed by atoms with E-state index in [0.29, 0.717) is 17.8 Å². The van der Waals surface area contributed by atoms with E-state index in [2.05, 4.69) is 33.5 Å². The molecule has 3 heterocycles. The van der Waals surface area contributed by atoms with Gasteiger partial charge in [0.25, 0.3) is 0 Å². The van der Waals surface area contributed by atoms with Crippen molar-refractivity contribution in [3.8, 4) is 11.3 Å². The second-order valence-electron chi connectivity index (χ2n) is 5.65. The third-order valence-electron chi connectivity index (χ3n) is 3.91. The first-order chi connectivity index (χ1) is 9.58. The molecule has 0 saturated carbocycles. The number of aryl methyl sites for hydroxylation is 1. The zero-order valence-electron chi connectivity index (χ0n) is 12.1. The Morgan fingerprint density at radius 2 is 2.25 bits per heavy atom. The van der Waals surface area contributed by atoms with Crippen molar-refractivity contribution in [2.75, 3.05) is 17.2 Å². The van der Waals surface area contributed by atoms with Gasteiger partial charge in [0.15, 0.2) is 0 Å². The summed E-state index contributed by atoms with van der Waals surface area (Å²) < 4.78 is 4.38. The highest BCUT2D eigenvalue weighted by Crippen LogP contribution is 2.43. The van der Waals surface area contributed by atoms with Crippen LogP contribution >= 0.6 is 22.9 Å². The summed E-state index contributed by atoms with van der Waals surface area (Å²) in [5.74, 6) is 1.26. The summed E-state index contributed by atoms with van der Waals surface area (Å²) in [6, 6.07) is 0.591. The smallest absolute Gasteiger partial charge is 0.148 e. The number of hydrogen-bond acceptors (Lipinski definition) is 6. The van der Waals surface area contributed by atoms with Gasteiger partial charge in [-0.15, -0.1) is 11.3 Å². The topological polar surface area (TPSA) is 55.0 Å². The molecule has 3 rings (SSSR count). The summed E-state index contributed by atoms with van der Waals surface area (Å²) in [6.45, 7) is 7.71. The fourth-order valence-electron chi connectivity index (χ4n) is 2.95. The monoisotopic (exact) mass is 308 g/mol. The van der Waals surface area contributed by atoms with Crippen molar-refractivity contribution in [2.45, 2.75) is 39.7 Å². The van der Waals surface area contributed by atoms with Crippen molar-refractivity contribution in [3.63, 3.8) is 0 Å². The van der Waals surface area contributed by atoms with Gasteiger partial charge in [0, 0.05) is 18.0 Å². The Labute approximate surface area is 127 Å². The molecule has 0 aromatic carbocycles. The van der Waals surface area contributed by atoms with Crippen molar-refractivity contribution in [1.82, 2.24) is 9.36 Å². The zero-order chi connectivity index (χ0) is 14.3. The molecule has 1 atom stereocenters. The van der Waals surface area contributed by atoms with Gasteiger partial charge in [-0.2, -0.15) is 4.37 Å². The highest BCUT2D eigenvalue weighted by Gasteiger charge is 2.31. The first-order valence-electron chi connectivity index (χ1n) is 7.02. The summed E-state index contributed by atoms with van der Waals surface area (Å²) in [7, 11) is 0. The Morgan fingerprint density at radius 3 is 2.90 bits per heavy atom. The van der Waals surface area contributed by atoms with Crippen LogP contribution in [-0.2, 0) is 0 Å². The molecule has 1 aliphatic rings. The molecular weight excluding hydrogens is 288 g/mol. The zero-order valence-corrected chi connectivity index (χ0v) is 13.7. The van der Waals surface area contributed by atoms with Crippen LogP contribution in [0.15, 0.2) is 5.38 Å². The normalized spacial score (nSPS) is 19.2. The maximum Gasteiger partial charge on any atom is 0.148 e. The van der Waals surface area contributed by atoms with Gasteiger partial charge in [-0.05, 0) is 37.2 Å². The van der Waals surface area contributed by atoms with Gasteiger partial charge >= 0.3 is 0 Å². The first kappa shape index (κ1) is 13.8. The third kappa shape index (κ3) is 2.31. The Balaban J connectivity index is 2.03. The first-order valence-corrected chi connectivity index (χ1v) is 8.67. The lowest BCUT2D eigenvalue weighted by molar-refractivity contribution is 0.493. The van der Waals surface area contributed by atoms with Gasteiger partial charge in [0.2, 0.25) is 0 Å². The molecule has 2 aromatic heterocycles. The SMILES string of the molecule is Cc1nc(-c2c(N)nsc2N2CCCC2C(C)C)cs1. The van der Waals surface area contributed by atoms with Crippen LogP contribution in [0.1, 0.15) is 31.7 Å². The number of nitrogens with two attached hydrogens (primary N) is 1. The van der Waals surface area contributed by atoms with Crippen LogP contribution < -0.4 is 10.6 Å². The molecule has 1 fully saturated rings. The van der Waals surface area contributed by atoms with Gasteiger partial charge in [0.05, 0.1) is 16.3 Å². The van der Waals surface area contributed by atoms with Crippen molar-refractivity contribution in [2.24, 2.45) is 5.92 Å². The molecule has 0 spiro atoms. The molecule has 20 heavy (non-hydrogen) atoms. The molecule has 1 unspecified atom stereocenters. The third-order valence-corrected chi connectivity index (χ3v) is 5.58. The molecule has 2 aromatic rings. The number of nitrogen functional groups attached to an aromatic ring is 1. The van der Waals surface area contributed by atoms with Crippen LogP contribution in [0.25, 0.3) is 11.3 Å². The number of hydrogen-bond donors (Lipinski definition) is 1. The molecule has 0 radical (unpaired) electrons. The number of thiazole rings is 1. The van der Waals surface area contributed by atoms with Crippen molar-refractivity contribution < 1.29 is 0 Å². The molecule has 0 aliphatic carbocycles.